The Balaban J connectivity index is 2.10. The standard InChI is InChI=1S/C17H13N3O3/c18-17(22)16-14(23-13-9-5-2-6-10-13)11-15(21)20(19-16)12-7-3-1-4-8-12/h1-11H,(H2,18,22). The zero-order valence-electron chi connectivity index (χ0n) is 12.0. The lowest BCUT2D eigenvalue weighted by Crippen LogP contribution is -2.26. The fourth-order valence-electron chi connectivity index (χ4n) is 2.06. The largest absolute Gasteiger partial charge is 0.455 e. The van der Waals surface area contributed by atoms with E-state index in [1.54, 1.807) is 48.5 Å². The molecule has 0 unspecified atom stereocenters. The molecule has 1 aromatic heterocycles. The summed E-state index contributed by atoms with van der Waals surface area (Å²) >= 11 is 0. The lowest BCUT2D eigenvalue weighted by atomic mass is 10.3. The third kappa shape index (κ3) is 3.11. The second-order valence-electron chi connectivity index (χ2n) is 4.72. The number of rotatable bonds is 4. The molecule has 1 amide bonds. The van der Waals surface area contributed by atoms with E-state index in [2.05, 4.69) is 5.10 Å². The second-order valence-corrected chi connectivity index (χ2v) is 4.72. The Morgan fingerprint density at radius 1 is 1.00 bits per heavy atom. The molecule has 0 spiro atoms. The zero-order chi connectivity index (χ0) is 16.2. The predicted octanol–water partition coefficient (Wildman–Crippen LogP) is 2.12. The van der Waals surface area contributed by atoms with E-state index in [1.165, 1.54) is 6.07 Å². The van der Waals surface area contributed by atoms with Gasteiger partial charge in [0.1, 0.15) is 5.75 Å². The molecule has 3 aromatic rings. The Morgan fingerprint density at radius 3 is 2.22 bits per heavy atom. The maximum atomic E-state index is 12.3. The van der Waals surface area contributed by atoms with Gasteiger partial charge >= 0.3 is 0 Å². The first-order valence-electron chi connectivity index (χ1n) is 6.87. The molecular weight excluding hydrogens is 294 g/mol. The van der Waals surface area contributed by atoms with Gasteiger partial charge in [-0.15, -0.1) is 0 Å². The Hall–Kier alpha value is -3.41. The highest BCUT2D eigenvalue weighted by Crippen LogP contribution is 2.22. The highest BCUT2D eigenvalue weighted by molar-refractivity contribution is 5.93. The van der Waals surface area contributed by atoms with Gasteiger partial charge in [0.05, 0.1) is 11.8 Å². The van der Waals surface area contributed by atoms with E-state index in [0.717, 1.165) is 4.68 Å². The van der Waals surface area contributed by atoms with E-state index in [-0.39, 0.29) is 11.4 Å². The summed E-state index contributed by atoms with van der Waals surface area (Å²) < 4.78 is 6.67. The van der Waals surface area contributed by atoms with Crippen LogP contribution in [0.1, 0.15) is 10.5 Å². The summed E-state index contributed by atoms with van der Waals surface area (Å²) in [6.45, 7) is 0. The molecule has 0 bridgehead atoms. The van der Waals surface area contributed by atoms with E-state index in [1.807, 2.05) is 12.1 Å². The number of aromatic nitrogens is 2. The van der Waals surface area contributed by atoms with Crippen molar-refractivity contribution >= 4 is 5.91 Å². The zero-order valence-corrected chi connectivity index (χ0v) is 12.0. The lowest BCUT2D eigenvalue weighted by Gasteiger charge is -2.11. The molecule has 23 heavy (non-hydrogen) atoms. The number of hydrogen-bond acceptors (Lipinski definition) is 4. The van der Waals surface area contributed by atoms with Gasteiger partial charge in [0.2, 0.25) is 0 Å². The first-order chi connectivity index (χ1) is 11.1. The summed E-state index contributed by atoms with van der Waals surface area (Å²) in [5.74, 6) is -0.268. The summed E-state index contributed by atoms with van der Waals surface area (Å²) in [6.07, 6.45) is 0. The Kier molecular flexibility index (Phi) is 3.88. The van der Waals surface area contributed by atoms with Crippen molar-refractivity contribution < 1.29 is 9.53 Å². The van der Waals surface area contributed by atoms with Crippen LogP contribution in [0.4, 0.5) is 0 Å². The molecule has 0 saturated heterocycles. The van der Waals surface area contributed by atoms with E-state index in [0.29, 0.717) is 11.4 Å². The SMILES string of the molecule is NC(=O)c1nn(-c2ccccc2)c(=O)cc1Oc1ccccc1. The van der Waals surface area contributed by atoms with Crippen molar-refractivity contribution in [3.63, 3.8) is 0 Å². The van der Waals surface area contributed by atoms with Gasteiger partial charge in [-0.25, -0.2) is 0 Å². The summed E-state index contributed by atoms with van der Waals surface area (Å²) in [7, 11) is 0. The van der Waals surface area contributed by atoms with Gasteiger partial charge in [-0.2, -0.15) is 9.78 Å². The molecule has 3 rings (SSSR count). The highest BCUT2D eigenvalue weighted by Gasteiger charge is 2.16. The smallest absolute Gasteiger partial charge is 0.275 e. The number of nitrogens with zero attached hydrogens (tertiary/aromatic N) is 2. The molecule has 2 aromatic carbocycles. The quantitative estimate of drug-likeness (QED) is 0.799. The van der Waals surface area contributed by atoms with Crippen LogP contribution < -0.4 is 16.0 Å². The summed E-state index contributed by atoms with van der Waals surface area (Å²) in [5.41, 5.74) is 5.36. The van der Waals surface area contributed by atoms with Crippen LogP contribution in [0.5, 0.6) is 11.5 Å². The van der Waals surface area contributed by atoms with Crippen molar-refractivity contribution in [2.75, 3.05) is 0 Å². The third-order valence-electron chi connectivity index (χ3n) is 3.10. The number of ether oxygens (including phenoxy) is 1. The van der Waals surface area contributed by atoms with Crippen molar-refractivity contribution in [3.05, 3.63) is 82.8 Å². The number of amides is 1. The average molecular weight is 307 g/mol. The molecular formula is C17H13N3O3. The number of para-hydroxylation sites is 2. The maximum absolute atomic E-state index is 12.3. The fourth-order valence-corrected chi connectivity index (χ4v) is 2.06. The van der Waals surface area contributed by atoms with E-state index in [4.69, 9.17) is 10.5 Å². The van der Waals surface area contributed by atoms with E-state index in [9.17, 15) is 9.59 Å². The van der Waals surface area contributed by atoms with Crippen LogP contribution in [0.15, 0.2) is 71.5 Å². The minimum atomic E-state index is -0.777. The minimum absolute atomic E-state index is 0.0286. The van der Waals surface area contributed by atoms with Crippen molar-refractivity contribution in [2.24, 2.45) is 5.73 Å². The van der Waals surface area contributed by atoms with Gasteiger partial charge in [0.25, 0.3) is 11.5 Å². The number of primary amides is 1. The molecule has 114 valence electrons. The van der Waals surface area contributed by atoms with Crippen LogP contribution in [0.2, 0.25) is 0 Å². The molecule has 0 fully saturated rings. The molecule has 6 nitrogen and oxygen atoms in total. The van der Waals surface area contributed by atoms with Crippen molar-refractivity contribution in [1.82, 2.24) is 9.78 Å². The Labute approximate surface area is 131 Å². The molecule has 0 aliphatic rings. The third-order valence-corrected chi connectivity index (χ3v) is 3.10. The van der Waals surface area contributed by atoms with Gasteiger partial charge in [-0.3, -0.25) is 9.59 Å². The number of hydrogen-bond donors (Lipinski definition) is 1. The molecule has 1 heterocycles. The first-order valence-corrected chi connectivity index (χ1v) is 6.87. The monoisotopic (exact) mass is 307 g/mol. The normalized spacial score (nSPS) is 10.3. The lowest BCUT2D eigenvalue weighted by molar-refractivity contribution is 0.0991. The van der Waals surface area contributed by atoms with Crippen molar-refractivity contribution in [3.8, 4) is 17.2 Å². The molecule has 0 aliphatic heterocycles. The van der Waals surface area contributed by atoms with Crippen LogP contribution in [-0.2, 0) is 0 Å². The van der Waals surface area contributed by atoms with Crippen LogP contribution in [0.25, 0.3) is 5.69 Å². The Bertz CT molecular complexity index is 890. The topological polar surface area (TPSA) is 87.2 Å². The number of nitrogens with two attached hydrogens (primary N) is 1. The van der Waals surface area contributed by atoms with Gasteiger partial charge in [0.15, 0.2) is 11.4 Å². The maximum Gasteiger partial charge on any atom is 0.275 e. The highest BCUT2D eigenvalue weighted by atomic mass is 16.5. The number of carbonyl (C=O) groups excluding carboxylic acids is 1. The number of benzene rings is 2. The van der Waals surface area contributed by atoms with Gasteiger partial charge < -0.3 is 10.5 Å². The van der Waals surface area contributed by atoms with Gasteiger partial charge in [0, 0.05) is 0 Å². The summed E-state index contributed by atoms with van der Waals surface area (Å²) in [5, 5.41) is 4.04. The van der Waals surface area contributed by atoms with E-state index >= 15 is 0 Å². The van der Waals surface area contributed by atoms with Crippen molar-refractivity contribution in [1.29, 1.82) is 0 Å². The molecule has 0 atom stereocenters. The van der Waals surface area contributed by atoms with Crippen molar-refractivity contribution in [2.45, 2.75) is 0 Å². The summed E-state index contributed by atoms with van der Waals surface area (Å²) in [6, 6.07) is 18.7. The van der Waals surface area contributed by atoms with Crippen LogP contribution in [-0.4, -0.2) is 15.7 Å². The predicted molar refractivity (Wildman–Crippen MR) is 84.9 cm³/mol. The van der Waals surface area contributed by atoms with Crippen LogP contribution in [0.3, 0.4) is 0 Å². The first kappa shape index (κ1) is 14.5. The molecule has 0 aliphatic carbocycles. The fraction of sp³-hybridized carbons (Fsp3) is 0. The number of carbonyl (C=O) groups is 1. The molecule has 0 radical (unpaired) electrons. The molecule has 2 N–H and O–H groups in total. The minimum Gasteiger partial charge on any atom is -0.455 e. The second kappa shape index (κ2) is 6.15. The van der Waals surface area contributed by atoms with Gasteiger partial charge in [-0.1, -0.05) is 36.4 Å². The van der Waals surface area contributed by atoms with Crippen LogP contribution in [0, 0.1) is 0 Å². The molecule has 0 saturated carbocycles. The van der Waals surface area contributed by atoms with Gasteiger partial charge in [-0.05, 0) is 24.3 Å². The van der Waals surface area contributed by atoms with E-state index < -0.39 is 11.5 Å². The molecule has 6 heteroatoms. The average Bonchev–Trinajstić information content (AvgIpc) is 2.56. The Morgan fingerprint density at radius 2 is 1.61 bits per heavy atom. The van der Waals surface area contributed by atoms with Crippen LogP contribution >= 0.6 is 0 Å². The summed E-state index contributed by atoms with van der Waals surface area (Å²) in [4.78, 5) is 23.9.